The second kappa shape index (κ2) is 5.92. The maximum absolute atomic E-state index is 2.47. The molecule has 150 valence electrons. The highest BCUT2D eigenvalue weighted by molar-refractivity contribution is 6.23. The second-order valence-electron chi connectivity index (χ2n) is 8.88. The first kappa shape index (κ1) is 17.0. The molecule has 31 heavy (non-hydrogen) atoms. The summed E-state index contributed by atoms with van der Waals surface area (Å²) in [6, 6.07) is 31.6. The van der Waals surface area contributed by atoms with E-state index < -0.39 is 0 Å². The van der Waals surface area contributed by atoms with Crippen molar-refractivity contribution in [3.63, 3.8) is 0 Å². The van der Waals surface area contributed by atoms with Gasteiger partial charge in [0.25, 0.3) is 0 Å². The Morgan fingerprint density at radius 1 is 0.645 bits per heavy atom. The van der Waals surface area contributed by atoms with E-state index in [1.54, 1.807) is 0 Å². The summed E-state index contributed by atoms with van der Waals surface area (Å²) in [6.45, 7) is 5.42. The topological polar surface area (TPSA) is 10.9 Å². The van der Waals surface area contributed by atoms with Gasteiger partial charge >= 0.3 is 0 Å². The van der Waals surface area contributed by atoms with Crippen molar-refractivity contribution in [2.45, 2.75) is 19.9 Å². The average Bonchev–Trinajstić information content (AvgIpc) is 3.46. The molecule has 0 N–H and O–H groups in total. The molecule has 7 rings (SSSR count). The van der Waals surface area contributed by atoms with Gasteiger partial charge in [-0.25, -0.2) is 0 Å². The van der Waals surface area contributed by atoms with Crippen LogP contribution in [-0.4, -0.2) is 17.1 Å². The highest BCUT2D eigenvalue weighted by Gasteiger charge is 2.28. The SMILES string of the molecule is CC(C)N1CN(c2ccc3c(c2)c2cccc4c5ccccc5n3c42)c2ccccc21. The van der Waals surface area contributed by atoms with Gasteiger partial charge in [0.15, 0.2) is 0 Å². The largest absolute Gasteiger partial charge is 0.349 e. The summed E-state index contributed by atoms with van der Waals surface area (Å²) in [5.74, 6) is 0. The summed E-state index contributed by atoms with van der Waals surface area (Å²) >= 11 is 0. The number of hydrogen-bond donors (Lipinski definition) is 0. The minimum absolute atomic E-state index is 0.460. The van der Waals surface area contributed by atoms with Crippen LogP contribution in [0.2, 0.25) is 0 Å². The summed E-state index contributed by atoms with van der Waals surface area (Å²) in [7, 11) is 0. The van der Waals surface area contributed by atoms with Crippen LogP contribution in [0.1, 0.15) is 13.8 Å². The Hall–Kier alpha value is -3.72. The van der Waals surface area contributed by atoms with Crippen molar-refractivity contribution in [1.29, 1.82) is 0 Å². The van der Waals surface area contributed by atoms with Gasteiger partial charge in [0, 0.05) is 33.3 Å². The summed E-state index contributed by atoms with van der Waals surface area (Å²) in [4.78, 5) is 4.92. The summed E-state index contributed by atoms with van der Waals surface area (Å²) < 4.78 is 2.44. The molecule has 0 saturated heterocycles. The molecule has 0 amide bonds. The predicted molar refractivity (Wildman–Crippen MR) is 132 cm³/mol. The fourth-order valence-corrected chi connectivity index (χ4v) is 5.49. The van der Waals surface area contributed by atoms with Gasteiger partial charge in [-0.05, 0) is 50.2 Å². The van der Waals surface area contributed by atoms with E-state index in [1.807, 2.05) is 0 Å². The van der Waals surface area contributed by atoms with Gasteiger partial charge < -0.3 is 14.2 Å². The first-order valence-corrected chi connectivity index (χ1v) is 11.0. The third-order valence-electron chi connectivity index (χ3n) is 6.92. The van der Waals surface area contributed by atoms with E-state index >= 15 is 0 Å². The van der Waals surface area contributed by atoms with Crippen LogP contribution < -0.4 is 9.80 Å². The lowest BCUT2D eigenvalue weighted by molar-refractivity contribution is 0.709. The Kier molecular flexibility index (Phi) is 3.25. The van der Waals surface area contributed by atoms with Crippen molar-refractivity contribution in [2.75, 3.05) is 16.5 Å². The molecule has 3 heterocycles. The summed E-state index contributed by atoms with van der Waals surface area (Å²) in [5, 5.41) is 5.32. The van der Waals surface area contributed by atoms with Gasteiger partial charge in [0.1, 0.15) is 0 Å². The fraction of sp³-hybridized carbons (Fsp3) is 0.143. The normalized spacial score (nSPS) is 14.2. The Morgan fingerprint density at radius 3 is 2.16 bits per heavy atom. The van der Waals surface area contributed by atoms with Crippen molar-refractivity contribution >= 4 is 55.2 Å². The Bertz CT molecular complexity index is 1610. The maximum atomic E-state index is 2.47. The average molecular weight is 402 g/mol. The minimum Gasteiger partial charge on any atom is -0.349 e. The lowest BCUT2D eigenvalue weighted by atomic mass is 10.1. The zero-order chi connectivity index (χ0) is 20.7. The van der Waals surface area contributed by atoms with Gasteiger partial charge in [0.2, 0.25) is 0 Å². The zero-order valence-corrected chi connectivity index (χ0v) is 17.7. The van der Waals surface area contributed by atoms with E-state index in [-0.39, 0.29) is 0 Å². The third kappa shape index (κ3) is 2.13. The lowest BCUT2D eigenvalue weighted by Crippen LogP contribution is -2.33. The maximum Gasteiger partial charge on any atom is 0.0955 e. The van der Waals surface area contributed by atoms with Crippen molar-refractivity contribution in [2.24, 2.45) is 0 Å². The van der Waals surface area contributed by atoms with E-state index in [0.717, 1.165) is 6.67 Å². The van der Waals surface area contributed by atoms with Crippen LogP contribution in [0.15, 0.2) is 84.9 Å². The molecule has 0 radical (unpaired) electrons. The lowest BCUT2D eigenvalue weighted by Gasteiger charge is -2.25. The van der Waals surface area contributed by atoms with Gasteiger partial charge in [-0.15, -0.1) is 0 Å². The first-order chi connectivity index (χ1) is 15.2. The van der Waals surface area contributed by atoms with Gasteiger partial charge in [-0.3, -0.25) is 0 Å². The molecule has 3 nitrogen and oxygen atoms in total. The highest BCUT2D eigenvalue weighted by atomic mass is 15.4. The van der Waals surface area contributed by atoms with Crippen LogP contribution in [0.4, 0.5) is 17.1 Å². The smallest absolute Gasteiger partial charge is 0.0955 e. The summed E-state index contributed by atoms with van der Waals surface area (Å²) in [6.07, 6.45) is 0. The molecule has 6 aromatic rings. The number of hydrogen-bond acceptors (Lipinski definition) is 2. The molecule has 0 unspecified atom stereocenters. The monoisotopic (exact) mass is 401 g/mol. The Balaban J connectivity index is 1.50. The highest BCUT2D eigenvalue weighted by Crippen LogP contribution is 2.44. The molecule has 2 aromatic heterocycles. The molecule has 1 aliphatic rings. The third-order valence-corrected chi connectivity index (χ3v) is 6.92. The van der Waals surface area contributed by atoms with Crippen molar-refractivity contribution < 1.29 is 0 Å². The van der Waals surface area contributed by atoms with Crippen LogP contribution in [0, 0.1) is 0 Å². The van der Waals surface area contributed by atoms with E-state index in [4.69, 9.17) is 0 Å². The van der Waals surface area contributed by atoms with E-state index in [9.17, 15) is 0 Å². The molecule has 0 fully saturated rings. The van der Waals surface area contributed by atoms with Crippen LogP contribution >= 0.6 is 0 Å². The minimum atomic E-state index is 0.460. The van der Waals surface area contributed by atoms with Crippen LogP contribution in [-0.2, 0) is 0 Å². The Morgan fingerprint density at radius 2 is 1.32 bits per heavy atom. The molecule has 0 saturated carbocycles. The first-order valence-electron chi connectivity index (χ1n) is 11.0. The number of benzene rings is 4. The number of anilines is 3. The molecule has 0 spiro atoms. The molecular weight excluding hydrogens is 378 g/mol. The van der Waals surface area contributed by atoms with Crippen LogP contribution in [0.25, 0.3) is 38.1 Å². The fourth-order valence-electron chi connectivity index (χ4n) is 5.49. The van der Waals surface area contributed by atoms with Crippen LogP contribution in [0.3, 0.4) is 0 Å². The molecule has 0 aliphatic carbocycles. The second-order valence-corrected chi connectivity index (χ2v) is 8.88. The van der Waals surface area contributed by atoms with E-state index in [1.165, 1.54) is 55.2 Å². The number of nitrogens with zero attached hydrogens (tertiary/aromatic N) is 3. The van der Waals surface area contributed by atoms with Crippen LogP contribution in [0.5, 0.6) is 0 Å². The predicted octanol–water partition coefficient (Wildman–Crippen LogP) is 7.16. The molecule has 1 aliphatic heterocycles. The number of fused-ring (bicyclic) bond motifs is 7. The zero-order valence-electron chi connectivity index (χ0n) is 17.7. The molecule has 0 atom stereocenters. The Labute approximate surface area is 181 Å². The number of aromatic nitrogens is 1. The number of para-hydroxylation sites is 4. The van der Waals surface area contributed by atoms with Crippen molar-refractivity contribution in [1.82, 2.24) is 4.40 Å². The van der Waals surface area contributed by atoms with E-state index in [0.29, 0.717) is 6.04 Å². The molecule has 4 aromatic carbocycles. The quantitative estimate of drug-likeness (QED) is 0.305. The van der Waals surface area contributed by atoms with Gasteiger partial charge in [0.05, 0.1) is 34.6 Å². The molecule has 0 bridgehead atoms. The van der Waals surface area contributed by atoms with Gasteiger partial charge in [-0.1, -0.05) is 48.5 Å². The number of rotatable bonds is 2. The molecule has 3 heteroatoms. The van der Waals surface area contributed by atoms with Crippen molar-refractivity contribution in [3.8, 4) is 0 Å². The van der Waals surface area contributed by atoms with E-state index in [2.05, 4.69) is 113 Å². The summed E-state index contributed by atoms with van der Waals surface area (Å²) in [5.41, 5.74) is 7.76. The molecular formula is C28H23N3. The standard InChI is InChI=1S/C28H23N3/c1-18(2)29-17-30(27-13-6-5-12-26(27)29)19-14-15-25-23(16-19)22-10-7-9-21-20-8-3-4-11-24(20)31(25)28(21)22/h3-16,18H,17H2,1-2H3. The van der Waals surface area contributed by atoms with Crippen molar-refractivity contribution in [3.05, 3.63) is 84.9 Å². The van der Waals surface area contributed by atoms with Gasteiger partial charge in [-0.2, -0.15) is 0 Å².